The maximum absolute atomic E-state index is 14.9. The zero-order valence-corrected chi connectivity index (χ0v) is 44.7. The molecule has 0 radical (unpaired) electrons. The van der Waals surface area contributed by atoms with Crippen LogP contribution >= 0.6 is 0 Å². The molecule has 23 atom stereocenters. The van der Waals surface area contributed by atoms with Crippen molar-refractivity contribution in [2.45, 2.75) is 236 Å². The fraction of sp³-hybridized carbons (Fsp3) is 0.736. The van der Waals surface area contributed by atoms with Crippen molar-refractivity contribution in [2.75, 3.05) is 7.11 Å². The van der Waals surface area contributed by atoms with E-state index in [0.29, 0.717) is 0 Å². The number of phenolic OH excluding ortho intramolecular Hbond substituents is 2. The number of esters is 1. The zero-order valence-electron chi connectivity index (χ0n) is 44.7. The molecule has 0 saturated carbocycles. The molecule has 430 valence electrons. The van der Waals surface area contributed by atoms with Crippen LogP contribution in [-0.4, -0.2) is 206 Å². The summed E-state index contributed by atoms with van der Waals surface area (Å²) < 4.78 is 71.9. The molecule has 5 heterocycles. The standard InChI is InChI=1S/C53H74O24/c1-19-31(73-36-16-33(45(60)22(4)67-36)75-37-15-32(72-26(8)55)44(59)21(3)68-37)13-28-11-27-12-29(50(66-10)43(58)20(2)54)51(48(63)41(27)47(62)40(28)42(19)57)76-38-17-34(46(61)23(5)69-38)74-35-14-30(56)49(24(6)70-35)77-39-18-53(9,65)52(64)25(7)71-39/h11,13,21-25,29-30,32-39,44-46,49-52,56-57,59-62,64-65H,12,14-18H2,1-10H3/t21-,22-,23-,24-,25-,29+,30-,32-,33+,34-,35-,36+,37+,38+,39+,44-,45-,46-,49+,50+,51+,52-,53+/m1/s1. The van der Waals surface area contributed by atoms with Crippen LogP contribution in [0.1, 0.15) is 109 Å². The van der Waals surface area contributed by atoms with Gasteiger partial charge in [-0.3, -0.25) is 19.2 Å². The highest BCUT2D eigenvalue weighted by Gasteiger charge is 2.51. The van der Waals surface area contributed by atoms with E-state index >= 15 is 0 Å². The van der Waals surface area contributed by atoms with E-state index in [1.54, 1.807) is 34.6 Å². The molecule has 5 saturated heterocycles. The molecule has 2 aromatic rings. The van der Waals surface area contributed by atoms with Crippen molar-refractivity contribution in [2.24, 2.45) is 5.92 Å². The van der Waals surface area contributed by atoms with Crippen LogP contribution in [0.25, 0.3) is 10.8 Å². The second-order valence-corrected chi connectivity index (χ2v) is 21.6. The van der Waals surface area contributed by atoms with Gasteiger partial charge in [-0.2, -0.15) is 0 Å². The summed E-state index contributed by atoms with van der Waals surface area (Å²) in [5.41, 5.74) is -1.40. The van der Waals surface area contributed by atoms with E-state index in [9.17, 15) is 60.0 Å². The molecule has 5 aliphatic heterocycles. The number of carbonyl (C=O) groups excluding carboxylic acids is 4. The monoisotopic (exact) mass is 1090 g/mol. The highest BCUT2D eigenvalue weighted by molar-refractivity contribution is 6.38. The molecule has 0 aromatic heterocycles. The Hall–Kier alpha value is -4.06. The van der Waals surface area contributed by atoms with Crippen LogP contribution in [0.2, 0.25) is 0 Å². The lowest BCUT2D eigenvalue weighted by Gasteiger charge is -2.46. The lowest BCUT2D eigenvalue weighted by molar-refractivity contribution is -0.337. The normalized spacial score (nSPS) is 41.1. The SMILES string of the molecule is CO[C@H](C(=O)C(C)=O)[C@@H]1Cc2cc3cc(O[C@H]4C[C@H](O[C@H]5C[C@@H](OC(C)=O)[C@H](O)[C@@H](C)O5)[C@H](O)[C@@H](C)O4)c(C)c(O)c3c(O)c2C(=O)[C@H]1O[C@H]1C[C@@H](O[C@@H]2C[C@@H](O)[C@@H](O[C@H]3C[C@](C)(O)[C@H](O)[C@@H](C)O3)[C@@H](C)O2)[C@H](O)[C@@H](C)O1. The van der Waals surface area contributed by atoms with Crippen molar-refractivity contribution in [3.05, 3.63) is 28.8 Å². The number of ketones is 3. The number of ether oxygens (including phenoxy) is 12. The van der Waals surface area contributed by atoms with E-state index in [1.807, 2.05) is 0 Å². The number of aliphatic hydroxyl groups excluding tert-OH is 5. The molecule has 5 fully saturated rings. The number of fused-ring (bicyclic) bond motifs is 2. The molecule has 6 aliphatic rings. The van der Waals surface area contributed by atoms with Crippen molar-refractivity contribution in [1.29, 1.82) is 0 Å². The smallest absolute Gasteiger partial charge is 0.302 e. The first-order valence-electron chi connectivity index (χ1n) is 26.2. The number of carbonyl (C=O) groups is 4. The van der Waals surface area contributed by atoms with Crippen molar-refractivity contribution in [3.63, 3.8) is 0 Å². The lowest BCUT2D eigenvalue weighted by Crippen LogP contribution is -2.58. The molecule has 0 amide bonds. The number of methoxy groups -OCH3 is 1. The topological polar surface area (TPSA) is 341 Å². The molecule has 8 N–H and O–H groups in total. The number of hydrogen-bond acceptors (Lipinski definition) is 24. The van der Waals surface area contributed by atoms with Gasteiger partial charge in [0.2, 0.25) is 12.1 Å². The van der Waals surface area contributed by atoms with E-state index in [0.717, 1.165) is 6.92 Å². The summed E-state index contributed by atoms with van der Waals surface area (Å²) in [5.74, 6) is -5.41. The number of benzene rings is 2. The molecule has 0 spiro atoms. The Kier molecular flexibility index (Phi) is 18.1. The minimum Gasteiger partial charge on any atom is -0.507 e. The van der Waals surface area contributed by atoms with Crippen molar-refractivity contribution >= 4 is 34.1 Å². The molecule has 24 nitrogen and oxygen atoms in total. The van der Waals surface area contributed by atoms with Gasteiger partial charge in [0.05, 0.1) is 65.4 Å². The fourth-order valence-electron chi connectivity index (χ4n) is 11.5. The largest absolute Gasteiger partial charge is 0.507 e. The Morgan fingerprint density at radius 2 is 1.22 bits per heavy atom. The molecule has 1 aliphatic carbocycles. The molecular weight excluding hydrogens is 1020 g/mol. The van der Waals surface area contributed by atoms with Gasteiger partial charge in [-0.15, -0.1) is 0 Å². The fourth-order valence-corrected chi connectivity index (χ4v) is 11.5. The predicted octanol–water partition coefficient (Wildman–Crippen LogP) is 1.17. The minimum atomic E-state index is -1.62. The van der Waals surface area contributed by atoms with Crippen LogP contribution in [0.15, 0.2) is 12.1 Å². The van der Waals surface area contributed by atoms with Gasteiger partial charge < -0.3 is 97.7 Å². The summed E-state index contributed by atoms with van der Waals surface area (Å²) in [6.07, 6.45) is -23.0. The van der Waals surface area contributed by atoms with E-state index in [1.165, 1.54) is 40.0 Å². The summed E-state index contributed by atoms with van der Waals surface area (Å²) in [5, 5.41) is 89.2. The zero-order chi connectivity index (χ0) is 56.3. The number of rotatable bonds is 15. The maximum atomic E-state index is 14.9. The first kappa shape index (κ1) is 59.1. The third kappa shape index (κ3) is 12.3. The van der Waals surface area contributed by atoms with Crippen LogP contribution in [0.3, 0.4) is 0 Å². The van der Waals surface area contributed by atoms with Crippen LogP contribution in [-0.2, 0) is 72.9 Å². The number of phenols is 2. The maximum Gasteiger partial charge on any atom is 0.302 e. The molecular formula is C53H74O24. The number of hydrogen-bond donors (Lipinski definition) is 8. The molecule has 2 aromatic carbocycles. The van der Waals surface area contributed by atoms with Crippen LogP contribution in [0.4, 0.5) is 0 Å². The predicted molar refractivity (Wildman–Crippen MR) is 261 cm³/mol. The molecule has 8 rings (SSSR count). The first-order valence-corrected chi connectivity index (χ1v) is 26.2. The minimum absolute atomic E-state index is 0.0162. The van der Waals surface area contributed by atoms with Gasteiger partial charge in [-0.1, -0.05) is 0 Å². The summed E-state index contributed by atoms with van der Waals surface area (Å²) >= 11 is 0. The third-order valence-electron chi connectivity index (χ3n) is 15.7. The van der Waals surface area contributed by atoms with Crippen molar-refractivity contribution in [1.82, 2.24) is 0 Å². The summed E-state index contributed by atoms with van der Waals surface area (Å²) in [6, 6.07) is 3.05. The lowest BCUT2D eigenvalue weighted by atomic mass is 9.75. The van der Waals surface area contributed by atoms with Crippen molar-refractivity contribution in [3.8, 4) is 17.2 Å². The van der Waals surface area contributed by atoms with Gasteiger partial charge in [-0.25, -0.2) is 0 Å². The van der Waals surface area contributed by atoms with Gasteiger partial charge in [0.15, 0.2) is 36.7 Å². The average molecular weight is 1100 g/mol. The van der Waals surface area contributed by atoms with Gasteiger partial charge in [-0.05, 0) is 78.0 Å². The van der Waals surface area contributed by atoms with E-state index in [-0.39, 0.29) is 71.7 Å². The van der Waals surface area contributed by atoms with Gasteiger partial charge in [0.25, 0.3) is 0 Å². The van der Waals surface area contributed by atoms with E-state index in [4.69, 9.17) is 56.8 Å². The summed E-state index contributed by atoms with van der Waals surface area (Å²) in [6.45, 7) is 13.2. The Balaban J connectivity index is 1.00. The molecule has 24 heteroatoms. The summed E-state index contributed by atoms with van der Waals surface area (Å²) in [7, 11) is 1.20. The second-order valence-electron chi connectivity index (χ2n) is 21.6. The Bertz CT molecular complexity index is 2470. The number of Topliss-reactive ketones (excluding diaryl/α,β-unsaturated/α-hetero) is 3. The van der Waals surface area contributed by atoms with Crippen LogP contribution in [0, 0.1) is 12.8 Å². The highest BCUT2D eigenvalue weighted by Crippen LogP contribution is 2.47. The summed E-state index contributed by atoms with van der Waals surface area (Å²) in [4.78, 5) is 52.8. The Morgan fingerprint density at radius 3 is 1.79 bits per heavy atom. The number of aliphatic hydroxyl groups is 6. The van der Waals surface area contributed by atoms with Gasteiger partial charge >= 0.3 is 5.97 Å². The quantitative estimate of drug-likeness (QED) is 0.0916. The van der Waals surface area contributed by atoms with Crippen LogP contribution < -0.4 is 4.74 Å². The second kappa shape index (κ2) is 23.6. The van der Waals surface area contributed by atoms with Crippen molar-refractivity contribution < 1.29 is 117 Å². The Labute approximate surface area is 444 Å². The average Bonchev–Trinajstić information content (AvgIpc) is 3.37. The first-order chi connectivity index (χ1) is 36.2. The highest BCUT2D eigenvalue weighted by atomic mass is 16.7. The third-order valence-corrected chi connectivity index (χ3v) is 15.7. The van der Waals surface area contributed by atoms with Crippen LogP contribution in [0.5, 0.6) is 17.2 Å². The van der Waals surface area contributed by atoms with E-state index in [2.05, 4.69) is 0 Å². The molecule has 0 bridgehead atoms. The Morgan fingerprint density at radius 1 is 0.688 bits per heavy atom. The molecule has 77 heavy (non-hydrogen) atoms. The molecule has 0 unspecified atom stereocenters. The van der Waals surface area contributed by atoms with Gasteiger partial charge in [0.1, 0.15) is 66.1 Å². The van der Waals surface area contributed by atoms with Gasteiger partial charge in [0, 0.05) is 64.5 Å². The number of aromatic hydroxyl groups is 2. The van der Waals surface area contributed by atoms with E-state index < -0.39 is 175 Å².